The second kappa shape index (κ2) is 7.27. The zero-order valence-electron chi connectivity index (χ0n) is 14.6. The number of carbonyl (C=O) groups is 1. The van der Waals surface area contributed by atoms with Crippen LogP contribution in [0.15, 0.2) is 41.3 Å². The first-order chi connectivity index (χ1) is 13.3. The van der Waals surface area contributed by atoms with Crippen LogP contribution in [0.3, 0.4) is 0 Å². The first kappa shape index (κ1) is 19.6. The molecular weight excluding hydrogens is 441 g/mol. The third-order valence-electron chi connectivity index (χ3n) is 4.52. The van der Waals surface area contributed by atoms with Crippen LogP contribution in [0.4, 0.5) is 5.13 Å². The van der Waals surface area contributed by atoms with Crippen molar-refractivity contribution in [3.05, 3.63) is 52.0 Å². The lowest BCUT2D eigenvalue weighted by Gasteiger charge is -2.16. The van der Waals surface area contributed by atoms with E-state index in [2.05, 4.69) is 10.3 Å². The number of rotatable bonds is 5. The number of halogens is 2. The molecule has 1 aliphatic rings. The SMILES string of the molecule is CN(C1CC1)S(=O)(=O)c1ccc(C(=O)Nc2nc3c(Cl)ccc(Cl)c3s2)cc1. The zero-order valence-corrected chi connectivity index (χ0v) is 17.8. The van der Waals surface area contributed by atoms with Gasteiger partial charge in [0.2, 0.25) is 10.0 Å². The Bertz CT molecular complexity index is 1130. The molecule has 6 nitrogen and oxygen atoms in total. The monoisotopic (exact) mass is 455 g/mol. The van der Waals surface area contributed by atoms with Crippen molar-refractivity contribution < 1.29 is 13.2 Å². The number of anilines is 1. The maximum atomic E-state index is 12.5. The van der Waals surface area contributed by atoms with Crippen LogP contribution in [-0.2, 0) is 10.0 Å². The van der Waals surface area contributed by atoms with Gasteiger partial charge >= 0.3 is 0 Å². The zero-order chi connectivity index (χ0) is 20.1. The molecule has 0 unspecified atom stereocenters. The van der Waals surface area contributed by atoms with Gasteiger partial charge in [-0.1, -0.05) is 34.5 Å². The summed E-state index contributed by atoms with van der Waals surface area (Å²) in [5, 5.41) is 4.02. The molecule has 0 bridgehead atoms. The van der Waals surface area contributed by atoms with E-state index in [1.165, 1.54) is 39.9 Å². The minimum absolute atomic E-state index is 0.0747. The summed E-state index contributed by atoms with van der Waals surface area (Å²) in [5.41, 5.74) is 0.850. The minimum Gasteiger partial charge on any atom is -0.298 e. The van der Waals surface area contributed by atoms with Gasteiger partial charge in [-0.15, -0.1) is 0 Å². The van der Waals surface area contributed by atoms with Gasteiger partial charge in [0.05, 0.1) is 19.6 Å². The van der Waals surface area contributed by atoms with Crippen LogP contribution in [0.5, 0.6) is 0 Å². The first-order valence-corrected chi connectivity index (χ1v) is 11.4. The predicted octanol–water partition coefficient (Wildman–Crippen LogP) is 4.64. The molecule has 0 atom stereocenters. The Kier molecular flexibility index (Phi) is 5.09. The van der Waals surface area contributed by atoms with Gasteiger partial charge in [-0.2, -0.15) is 4.31 Å². The largest absolute Gasteiger partial charge is 0.298 e. The third-order valence-corrected chi connectivity index (χ3v) is 8.18. The summed E-state index contributed by atoms with van der Waals surface area (Å²) in [7, 11) is -1.96. The molecular formula is C18H15Cl2N3O3S2. The summed E-state index contributed by atoms with van der Waals surface area (Å²) in [6, 6.07) is 9.24. The fourth-order valence-corrected chi connectivity index (χ4v) is 5.58. The van der Waals surface area contributed by atoms with E-state index in [0.29, 0.717) is 31.0 Å². The Hall–Kier alpha value is -1.71. The number of amides is 1. The van der Waals surface area contributed by atoms with Crippen molar-refractivity contribution in [2.75, 3.05) is 12.4 Å². The van der Waals surface area contributed by atoms with Crippen molar-refractivity contribution in [3.63, 3.8) is 0 Å². The number of fused-ring (bicyclic) bond motifs is 1. The molecule has 1 N–H and O–H groups in total. The topological polar surface area (TPSA) is 79.4 Å². The van der Waals surface area contributed by atoms with Gasteiger partial charge in [-0.3, -0.25) is 10.1 Å². The fraction of sp³-hybridized carbons (Fsp3) is 0.222. The second-order valence-corrected chi connectivity index (χ2v) is 10.3. The van der Waals surface area contributed by atoms with E-state index in [9.17, 15) is 13.2 Å². The van der Waals surface area contributed by atoms with Gasteiger partial charge in [0, 0.05) is 18.7 Å². The van der Waals surface area contributed by atoms with Crippen molar-refractivity contribution >= 4 is 65.8 Å². The lowest BCUT2D eigenvalue weighted by Crippen LogP contribution is -2.29. The molecule has 0 aliphatic heterocycles. The van der Waals surface area contributed by atoms with Gasteiger partial charge in [-0.05, 0) is 49.2 Å². The van der Waals surface area contributed by atoms with Crippen LogP contribution in [0, 0.1) is 0 Å². The average molecular weight is 456 g/mol. The smallest absolute Gasteiger partial charge is 0.257 e. The summed E-state index contributed by atoms with van der Waals surface area (Å²) in [5.74, 6) is -0.397. The van der Waals surface area contributed by atoms with Crippen molar-refractivity contribution in [2.45, 2.75) is 23.8 Å². The Morgan fingerprint density at radius 3 is 2.39 bits per heavy atom. The molecule has 1 fully saturated rings. The Morgan fingerprint density at radius 1 is 1.14 bits per heavy atom. The molecule has 146 valence electrons. The molecule has 2 aromatic carbocycles. The van der Waals surface area contributed by atoms with Crippen LogP contribution in [-0.4, -0.2) is 36.7 Å². The second-order valence-electron chi connectivity index (χ2n) is 6.46. The van der Waals surface area contributed by atoms with E-state index >= 15 is 0 Å². The number of hydrogen-bond acceptors (Lipinski definition) is 5. The van der Waals surface area contributed by atoms with E-state index in [4.69, 9.17) is 23.2 Å². The Balaban J connectivity index is 1.54. The van der Waals surface area contributed by atoms with Gasteiger partial charge in [0.25, 0.3) is 5.91 Å². The fourth-order valence-electron chi connectivity index (χ4n) is 2.75. The molecule has 28 heavy (non-hydrogen) atoms. The predicted molar refractivity (Wildman–Crippen MR) is 112 cm³/mol. The maximum Gasteiger partial charge on any atom is 0.257 e. The average Bonchev–Trinajstić information content (AvgIpc) is 3.43. The number of benzene rings is 2. The molecule has 1 saturated carbocycles. The van der Waals surface area contributed by atoms with E-state index in [0.717, 1.165) is 12.8 Å². The number of sulfonamides is 1. The summed E-state index contributed by atoms with van der Waals surface area (Å²) in [6.45, 7) is 0. The number of carbonyl (C=O) groups excluding carboxylic acids is 1. The van der Waals surface area contributed by atoms with E-state index < -0.39 is 15.9 Å². The normalized spacial score (nSPS) is 14.6. The van der Waals surface area contributed by atoms with E-state index in [1.54, 1.807) is 19.2 Å². The summed E-state index contributed by atoms with van der Waals surface area (Å²) in [4.78, 5) is 17.0. The quantitative estimate of drug-likeness (QED) is 0.607. The number of nitrogens with one attached hydrogen (secondary N) is 1. The number of hydrogen-bond donors (Lipinski definition) is 1. The highest BCUT2D eigenvalue weighted by Crippen LogP contribution is 2.36. The first-order valence-electron chi connectivity index (χ1n) is 8.41. The van der Waals surface area contributed by atoms with Crippen molar-refractivity contribution in [2.24, 2.45) is 0 Å². The maximum absolute atomic E-state index is 12.5. The highest BCUT2D eigenvalue weighted by Gasteiger charge is 2.35. The Labute approximate surface area is 176 Å². The molecule has 1 amide bonds. The summed E-state index contributed by atoms with van der Waals surface area (Å²) >= 11 is 13.5. The molecule has 3 aromatic rings. The lowest BCUT2D eigenvalue weighted by atomic mass is 10.2. The third kappa shape index (κ3) is 3.62. The van der Waals surface area contributed by atoms with E-state index in [-0.39, 0.29) is 10.9 Å². The van der Waals surface area contributed by atoms with Crippen LogP contribution in [0.1, 0.15) is 23.2 Å². The Morgan fingerprint density at radius 2 is 1.79 bits per heavy atom. The van der Waals surface area contributed by atoms with Gasteiger partial charge in [0.1, 0.15) is 5.52 Å². The van der Waals surface area contributed by atoms with Gasteiger partial charge < -0.3 is 0 Å². The van der Waals surface area contributed by atoms with Crippen molar-refractivity contribution in [1.82, 2.24) is 9.29 Å². The van der Waals surface area contributed by atoms with Gasteiger partial charge in [-0.25, -0.2) is 13.4 Å². The molecule has 0 spiro atoms. The molecule has 10 heteroatoms. The molecule has 0 saturated heterocycles. The lowest BCUT2D eigenvalue weighted by molar-refractivity contribution is 0.102. The van der Waals surface area contributed by atoms with Crippen molar-refractivity contribution in [1.29, 1.82) is 0 Å². The van der Waals surface area contributed by atoms with Crippen LogP contribution < -0.4 is 5.32 Å². The molecule has 1 aromatic heterocycles. The minimum atomic E-state index is -3.54. The standard InChI is InChI=1S/C18H15Cl2N3O3S2/c1-23(11-4-5-11)28(25,26)12-6-2-10(3-7-12)17(24)22-18-21-15-13(19)8-9-14(20)16(15)27-18/h2-3,6-9,11H,4-5H2,1H3,(H,21,22,24). The molecule has 4 rings (SSSR count). The highest BCUT2D eigenvalue weighted by atomic mass is 35.5. The van der Waals surface area contributed by atoms with E-state index in [1.807, 2.05) is 0 Å². The number of nitrogens with zero attached hydrogens (tertiary/aromatic N) is 2. The van der Waals surface area contributed by atoms with Crippen LogP contribution >= 0.6 is 34.5 Å². The van der Waals surface area contributed by atoms with Crippen LogP contribution in [0.2, 0.25) is 10.0 Å². The molecule has 1 aliphatic carbocycles. The van der Waals surface area contributed by atoms with Crippen molar-refractivity contribution in [3.8, 4) is 0 Å². The molecule has 1 heterocycles. The van der Waals surface area contributed by atoms with Crippen LogP contribution in [0.25, 0.3) is 10.2 Å². The van der Waals surface area contributed by atoms with Gasteiger partial charge in [0.15, 0.2) is 5.13 Å². The summed E-state index contributed by atoms with van der Waals surface area (Å²) < 4.78 is 27.2. The number of aromatic nitrogens is 1. The summed E-state index contributed by atoms with van der Waals surface area (Å²) in [6.07, 6.45) is 1.76. The number of thiazole rings is 1. The highest BCUT2D eigenvalue weighted by molar-refractivity contribution is 7.89. The molecule has 0 radical (unpaired) electrons.